The zero-order valence-electron chi connectivity index (χ0n) is 12.2. The molecule has 0 aromatic heterocycles. The molecule has 1 heteroatoms. The minimum Gasteiger partial charge on any atom is -0.498 e. The van der Waals surface area contributed by atoms with Crippen molar-refractivity contribution in [1.29, 1.82) is 0 Å². The molecule has 100 valence electrons. The molecule has 0 aliphatic heterocycles. The van der Waals surface area contributed by atoms with Crippen LogP contribution in [0.5, 0.6) is 0 Å². The highest BCUT2D eigenvalue weighted by Crippen LogP contribution is 2.17. The van der Waals surface area contributed by atoms with Crippen LogP contribution in [-0.4, -0.2) is 6.61 Å². The van der Waals surface area contributed by atoms with Gasteiger partial charge in [-0.05, 0) is 31.8 Å². The van der Waals surface area contributed by atoms with Gasteiger partial charge in [-0.3, -0.25) is 0 Å². The Bertz CT molecular complexity index is 216. The molecule has 0 saturated heterocycles. The largest absolute Gasteiger partial charge is 0.498 e. The molecule has 1 atom stereocenters. The standard InChI is InChI=1S/C16H30O/c1-5-9-13-16(8-4)17-14-10-12-15(7-3)11-6-2/h5,9,13,15H,6-8,10-12,14H2,1-4H3/b9-5+,16-13+. The fourth-order valence-electron chi connectivity index (χ4n) is 2.01. The van der Waals surface area contributed by atoms with Crippen LogP contribution in [0.15, 0.2) is 24.0 Å². The van der Waals surface area contributed by atoms with E-state index in [-0.39, 0.29) is 0 Å². The van der Waals surface area contributed by atoms with E-state index in [1.54, 1.807) is 0 Å². The number of ether oxygens (including phenoxy) is 1. The normalized spacial score (nSPS) is 14.2. The third kappa shape index (κ3) is 9.02. The molecule has 0 spiro atoms. The summed E-state index contributed by atoms with van der Waals surface area (Å²) in [5.74, 6) is 2.00. The van der Waals surface area contributed by atoms with Crippen LogP contribution in [-0.2, 0) is 4.74 Å². The first-order valence-corrected chi connectivity index (χ1v) is 7.23. The first kappa shape index (κ1) is 16.3. The maximum absolute atomic E-state index is 5.78. The highest BCUT2D eigenvalue weighted by Gasteiger charge is 2.04. The van der Waals surface area contributed by atoms with Gasteiger partial charge in [0.25, 0.3) is 0 Å². The number of hydrogen-bond donors (Lipinski definition) is 0. The van der Waals surface area contributed by atoms with E-state index in [1.165, 1.54) is 32.1 Å². The van der Waals surface area contributed by atoms with Crippen molar-refractivity contribution in [3.05, 3.63) is 24.0 Å². The first-order valence-electron chi connectivity index (χ1n) is 7.23. The third-order valence-electron chi connectivity index (χ3n) is 3.14. The molecule has 0 aromatic carbocycles. The van der Waals surface area contributed by atoms with Crippen molar-refractivity contribution in [3.63, 3.8) is 0 Å². The number of allylic oxidation sites excluding steroid dienone is 4. The molecule has 0 heterocycles. The molecule has 0 saturated carbocycles. The molecule has 0 aliphatic rings. The Balaban J connectivity index is 3.74. The lowest BCUT2D eigenvalue weighted by Crippen LogP contribution is -2.02. The van der Waals surface area contributed by atoms with Gasteiger partial charge in [0.15, 0.2) is 0 Å². The summed E-state index contributed by atoms with van der Waals surface area (Å²) in [6.07, 6.45) is 13.6. The van der Waals surface area contributed by atoms with Crippen LogP contribution in [0.3, 0.4) is 0 Å². The highest BCUT2D eigenvalue weighted by atomic mass is 16.5. The van der Waals surface area contributed by atoms with E-state index in [0.29, 0.717) is 0 Å². The van der Waals surface area contributed by atoms with Gasteiger partial charge >= 0.3 is 0 Å². The average molecular weight is 238 g/mol. The van der Waals surface area contributed by atoms with Crippen LogP contribution in [0.25, 0.3) is 0 Å². The Kier molecular flexibility index (Phi) is 11.3. The van der Waals surface area contributed by atoms with Crippen LogP contribution in [0.4, 0.5) is 0 Å². The topological polar surface area (TPSA) is 9.23 Å². The Labute approximate surface area is 108 Å². The van der Waals surface area contributed by atoms with Crippen LogP contribution < -0.4 is 0 Å². The van der Waals surface area contributed by atoms with Gasteiger partial charge in [-0.25, -0.2) is 0 Å². The lowest BCUT2D eigenvalue weighted by molar-refractivity contribution is 0.191. The maximum Gasteiger partial charge on any atom is 0.0956 e. The Morgan fingerprint density at radius 1 is 1.18 bits per heavy atom. The Morgan fingerprint density at radius 3 is 2.47 bits per heavy atom. The second kappa shape index (κ2) is 11.8. The van der Waals surface area contributed by atoms with E-state index in [4.69, 9.17) is 4.74 Å². The molecule has 0 N–H and O–H groups in total. The van der Waals surface area contributed by atoms with Gasteiger partial charge in [-0.1, -0.05) is 52.2 Å². The number of rotatable bonds is 10. The van der Waals surface area contributed by atoms with E-state index in [9.17, 15) is 0 Å². The van der Waals surface area contributed by atoms with Crippen LogP contribution in [0.2, 0.25) is 0 Å². The summed E-state index contributed by atoms with van der Waals surface area (Å²) in [7, 11) is 0. The summed E-state index contributed by atoms with van der Waals surface area (Å²) in [5, 5.41) is 0. The molecule has 0 aromatic rings. The molecule has 1 nitrogen and oxygen atoms in total. The van der Waals surface area contributed by atoms with Crippen molar-refractivity contribution < 1.29 is 4.74 Å². The average Bonchev–Trinajstić information content (AvgIpc) is 2.36. The quantitative estimate of drug-likeness (QED) is 0.278. The van der Waals surface area contributed by atoms with Gasteiger partial charge in [0.1, 0.15) is 0 Å². The third-order valence-corrected chi connectivity index (χ3v) is 3.14. The van der Waals surface area contributed by atoms with Crippen molar-refractivity contribution in [2.24, 2.45) is 5.92 Å². The predicted molar refractivity (Wildman–Crippen MR) is 77.1 cm³/mol. The predicted octanol–water partition coefficient (Wildman–Crippen LogP) is 5.48. The molecule has 17 heavy (non-hydrogen) atoms. The SMILES string of the molecule is C/C=C/C=C(\CC)OCCCC(CC)CCC. The molecular weight excluding hydrogens is 208 g/mol. The minimum absolute atomic E-state index is 0.872. The van der Waals surface area contributed by atoms with E-state index < -0.39 is 0 Å². The van der Waals surface area contributed by atoms with Gasteiger partial charge in [0.2, 0.25) is 0 Å². The van der Waals surface area contributed by atoms with E-state index in [0.717, 1.165) is 24.7 Å². The van der Waals surface area contributed by atoms with Crippen LogP contribution >= 0.6 is 0 Å². The molecule has 0 amide bonds. The molecule has 0 aliphatic carbocycles. The van der Waals surface area contributed by atoms with Crippen molar-refractivity contribution in [2.75, 3.05) is 6.61 Å². The minimum atomic E-state index is 0.872. The zero-order valence-corrected chi connectivity index (χ0v) is 12.2. The highest BCUT2D eigenvalue weighted by molar-refractivity contribution is 5.06. The molecule has 0 rings (SSSR count). The van der Waals surface area contributed by atoms with Crippen LogP contribution in [0.1, 0.15) is 66.2 Å². The van der Waals surface area contributed by atoms with Crippen molar-refractivity contribution >= 4 is 0 Å². The monoisotopic (exact) mass is 238 g/mol. The van der Waals surface area contributed by atoms with Crippen molar-refractivity contribution in [3.8, 4) is 0 Å². The lowest BCUT2D eigenvalue weighted by atomic mass is 9.96. The Morgan fingerprint density at radius 2 is 1.94 bits per heavy atom. The fraction of sp³-hybridized carbons (Fsp3) is 0.750. The van der Waals surface area contributed by atoms with E-state index >= 15 is 0 Å². The van der Waals surface area contributed by atoms with Crippen LogP contribution in [0, 0.1) is 5.92 Å². The molecule has 1 unspecified atom stereocenters. The van der Waals surface area contributed by atoms with E-state index in [1.807, 2.05) is 19.1 Å². The first-order chi connectivity index (χ1) is 8.28. The smallest absolute Gasteiger partial charge is 0.0956 e. The zero-order chi connectivity index (χ0) is 12.9. The van der Waals surface area contributed by atoms with Gasteiger partial charge in [-0.15, -0.1) is 0 Å². The second-order valence-electron chi connectivity index (χ2n) is 4.57. The van der Waals surface area contributed by atoms with Crippen molar-refractivity contribution in [2.45, 2.75) is 66.2 Å². The molecule has 0 fully saturated rings. The summed E-state index contributed by atoms with van der Waals surface area (Å²) >= 11 is 0. The molecule has 0 bridgehead atoms. The van der Waals surface area contributed by atoms with Gasteiger partial charge in [0, 0.05) is 6.42 Å². The summed E-state index contributed by atoms with van der Waals surface area (Å²) in [4.78, 5) is 0. The summed E-state index contributed by atoms with van der Waals surface area (Å²) in [6.45, 7) is 9.61. The van der Waals surface area contributed by atoms with Gasteiger partial charge in [0.05, 0.1) is 12.4 Å². The second-order valence-corrected chi connectivity index (χ2v) is 4.57. The Hall–Kier alpha value is -0.720. The summed E-state index contributed by atoms with van der Waals surface area (Å²) in [5.41, 5.74) is 0. The number of hydrogen-bond acceptors (Lipinski definition) is 1. The molecular formula is C16H30O. The lowest BCUT2D eigenvalue weighted by Gasteiger charge is -2.14. The summed E-state index contributed by atoms with van der Waals surface area (Å²) in [6, 6.07) is 0. The van der Waals surface area contributed by atoms with E-state index in [2.05, 4.69) is 26.8 Å². The molecule has 0 radical (unpaired) electrons. The van der Waals surface area contributed by atoms with Crippen molar-refractivity contribution in [1.82, 2.24) is 0 Å². The maximum atomic E-state index is 5.78. The van der Waals surface area contributed by atoms with Gasteiger partial charge in [-0.2, -0.15) is 0 Å². The summed E-state index contributed by atoms with van der Waals surface area (Å²) < 4.78 is 5.78. The fourth-order valence-corrected chi connectivity index (χ4v) is 2.01. The van der Waals surface area contributed by atoms with Gasteiger partial charge < -0.3 is 4.74 Å².